The van der Waals surface area contributed by atoms with E-state index in [9.17, 15) is 0 Å². The summed E-state index contributed by atoms with van der Waals surface area (Å²) < 4.78 is 16.5. The minimum Gasteiger partial charge on any atom is -0.491 e. The van der Waals surface area contributed by atoms with Crippen molar-refractivity contribution in [3.63, 3.8) is 0 Å². The van der Waals surface area contributed by atoms with E-state index in [0.717, 1.165) is 44.9 Å². The number of hydrogen-bond acceptors (Lipinski definition) is 3. The molecule has 0 heterocycles. The van der Waals surface area contributed by atoms with Crippen molar-refractivity contribution in [2.75, 3.05) is 46.6 Å². The zero-order valence-corrected chi connectivity index (χ0v) is 14.3. The van der Waals surface area contributed by atoms with Crippen LogP contribution in [0.4, 0.5) is 0 Å². The molecule has 0 aliphatic rings. The summed E-state index contributed by atoms with van der Waals surface area (Å²) in [6.07, 6.45) is 2.21. The van der Waals surface area contributed by atoms with E-state index in [1.54, 1.807) is 7.11 Å². The fraction of sp³-hybridized carbons (Fsp3) is 0.667. The molecule has 0 aromatic heterocycles. The van der Waals surface area contributed by atoms with E-state index in [1.165, 1.54) is 5.56 Å². The van der Waals surface area contributed by atoms with Crippen LogP contribution in [0.25, 0.3) is 0 Å². The first-order valence-corrected chi connectivity index (χ1v) is 8.39. The molecule has 22 heavy (non-hydrogen) atoms. The van der Waals surface area contributed by atoms with E-state index < -0.39 is 0 Å². The van der Waals surface area contributed by atoms with Gasteiger partial charge in [-0.25, -0.2) is 0 Å². The molecule has 1 atom stereocenters. The van der Waals surface area contributed by atoms with Crippen LogP contribution in [0.1, 0.15) is 38.2 Å². The molecule has 0 saturated heterocycles. The van der Waals surface area contributed by atoms with Crippen molar-refractivity contribution in [1.82, 2.24) is 0 Å². The van der Waals surface area contributed by atoms with Gasteiger partial charge in [0.2, 0.25) is 0 Å². The number of benzene rings is 1. The molecule has 1 aromatic carbocycles. The standard InChI is InChI=1S/C18H31NO3/c1-4-16(2)17-8-5-6-9-18(17)22-15-14-21-13-11-19-10-7-12-20-3/h5-6,8-9,16,19H,4,7,10-15H2,1-3H3/p+1/t16-/m0/s1. The molecule has 126 valence electrons. The van der Waals surface area contributed by atoms with Crippen molar-refractivity contribution in [3.05, 3.63) is 29.8 Å². The first-order valence-electron chi connectivity index (χ1n) is 8.39. The largest absolute Gasteiger partial charge is 0.491 e. The molecular formula is C18H32NO3+. The van der Waals surface area contributed by atoms with Crippen LogP contribution in [0, 0.1) is 0 Å². The number of methoxy groups -OCH3 is 1. The van der Waals surface area contributed by atoms with Gasteiger partial charge in [0.15, 0.2) is 0 Å². The molecule has 0 unspecified atom stereocenters. The number of nitrogens with two attached hydrogens (primary N) is 1. The molecule has 0 saturated carbocycles. The van der Waals surface area contributed by atoms with E-state index in [1.807, 2.05) is 12.1 Å². The van der Waals surface area contributed by atoms with Gasteiger partial charge in [-0.1, -0.05) is 32.0 Å². The number of para-hydroxylation sites is 1. The van der Waals surface area contributed by atoms with E-state index in [4.69, 9.17) is 14.2 Å². The summed E-state index contributed by atoms with van der Waals surface area (Å²) in [7, 11) is 1.74. The Balaban J connectivity index is 2.10. The van der Waals surface area contributed by atoms with Gasteiger partial charge in [0.05, 0.1) is 32.9 Å². The predicted octanol–water partition coefficient (Wildman–Crippen LogP) is 2.20. The van der Waals surface area contributed by atoms with Crippen molar-refractivity contribution in [3.8, 4) is 5.75 Å². The lowest BCUT2D eigenvalue weighted by molar-refractivity contribution is -0.656. The van der Waals surface area contributed by atoms with Crippen molar-refractivity contribution < 1.29 is 19.5 Å². The van der Waals surface area contributed by atoms with E-state index in [0.29, 0.717) is 19.1 Å². The Morgan fingerprint density at radius 1 is 1.05 bits per heavy atom. The highest BCUT2D eigenvalue weighted by molar-refractivity contribution is 5.35. The van der Waals surface area contributed by atoms with Crippen LogP contribution in [0.5, 0.6) is 5.75 Å². The van der Waals surface area contributed by atoms with Gasteiger partial charge in [-0.05, 0) is 24.0 Å². The van der Waals surface area contributed by atoms with Gasteiger partial charge < -0.3 is 19.5 Å². The third-order valence-corrected chi connectivity index (χ3v) is 3.77. The molecule has 4 heteroatoms. The summed E-state index contributed by atoms with van der Waals surface area (Å²) in [4.78, 5) is 0. The van der Waals surface area contributed by atoms with Crippen molar-refractivity contribution in [2.24, 2.45) is 0 Å². The summed E-state index contributed by atoms with van der Waals surface area (Å²) in [6.45, 7) is 9.37. The summed E-state index contributed by atoms with van der Waals surface area (Å²) in [5.41, 5.74) is 1.29. The van der Waals surface area contributed by atoms with Crippen LogP contribution in [0.15, 0.2) is 24.3 Å². The molecule has 0 radical (unpaired) electrons. The third-order valence-electron chi connectivity index (χ3n) is 3.77. The Kier molecular flexibility index (Phi) is 10.7. The zero-order valence-electron chi connectivity index (χ0n) is 14.3. The maximum Gasteiger partial charge on any atom is 0.122 e. The number of rotatable bonds is 13. The van der Waals surface area contributed by atoms with Crippen LogP contribution >= 0.6 is 0 Å². The lowest BCUT2D eigenvalue weighted by atomic mass is 9.98. The minimum atomic E-state index is 0.527. The van der Waals surface area contributed by atoms with Gasteiger partial charge in [0.25, 0.3) is 0 Å². The Morgan fingerprint density at radius 2 is 1.86 bits per heavy atom. The monoisotopic (exact) mass is 310 g/mol. The summed E-state index contributed by atoms with van der Waals surface area (Å²) >= 11 is 0. The average molecular weight is 310 g/mol. The Hall–Kier alpha value is -1.10. The summed E-state index contributed by atoms with van der Waals surface area (Å²) in [6, 6.07) is 8.30. The second-order valence-corrected chi connectivity index (χ2v) is 5.52. The molecular weight excluding hydrogens is 278 g/mol. The predicted molar refractivity (Wildman–Crippen MR) is 89.6 cm³/mol. The fourth-order valence-corrected chi connectivity index (χ4v) is 2.23. The maximum atomic E-state index is 5.87. The molecule has 0 spiro atoms. The number of quaternary nitrogens is 1. The molecule has 0 aliphatic carbocycles. The van der Waals surface area contributed by atoms with Gasteiger partial charge in [-0.15, -0.1) is 0 Å². The molecule has 1 rings (SSSR count). The topological polar surface area (TPSA) is 44.3 Å². The van der Waals surface area contributed by atoms with E-state index in [2.05, 4.69) is 31.3 Å². The van der Waals surface area contributed by atoms with Crippen molar-refractivity contribution in [1.29, 1.82) is 0 Å². The van der Waals surface area contributed by atoms with Gasteiger partial charge in [-0.3, -0.25) is 0 Å². The SMILES string of the molecule is CC[C@H](C)c1ccccc1OCCOCC[NH2+]CCCOC. The average Bonchev–Trinajstić information content (AvgIpc) is 2.56. The maximum absolute atomic E-state index is 5.87. The third kappa shape index (κ3) is 7.78. The zero-order chi connectivity index (χ0) is 16.0. The van der Waals surface area contributed by atoms with E-state index in [-0.39, 0.29) is 0 Å². The molecule has 0 bridgehead atoms. The quantitative estimate of drug-likeness (QED) is 0.568. The lowest BCUT2D eigenvalue weighted by Gasteiger charge is -2.15. The fourth-order valence-electron chi connectivity index (χ4n) is 2.23. The smallest absolute Gasteiger partial charge is 0.122 e. The first kappa shape index (κ1) is 18.9. The molecule has 0 fully saturated rings. The first-order chi connectivity index (χ1) is 10.8. The second-order valence-electron chi connectivity index (χ2n) is 5.52. The van der Waals surface area contributed by atoms with E-state index >= 15 is 0 Å². The van der Waals surface area contributed by atoms with Crippen molar-refractivity contribution in [2.45, 2.75) is 32.6 Å². The van der Waals surface area contributed by atoms with Gasteiger partial charge in [0.1, 0.15) is 12.4 Å². The lowest BCUT2D eigenvalue weighted by Crippen LogP contribution is -2.85. The number of ether oxygens (including phenoxy) is 3. The van der Waals surface area contributed by atoms with Gasteiger partial charge in [-0.2, -0.15) is 0 Å². The van der Waals surface area contributed by atoms with Gasteiger partial charge in [0, 0.05) is 13.5 Å². The van der Waals surface area contributed by atoms with Crippen LogP contribution in [0.2, 0.25) is 0 Å². The molecule has 4 nitrogen and oxygen atoms in total. The summed E-state index contributed by atoms with van der Waals surface area (Å²) in [5, 5.41) is 2.26. The Morgan fingerprint density at radius 3 is 2.64 bits per heavy atom. The van der Waals surface area contributed by atoms with Crippen LogP contribution in [0.3, 0.4) is 0 Å². The minimum absolute atomic E-state index is 0.527. The summed E-state index contributed by atoms with van der Waals surface area (Å²) in [5.74, 6) is 1.52. The highest BCUT2D eigenvalue weighted by Gasteiger charge is 2.09. The van der Waals surface area contributed by atoms with Crippen LogP contribution < -0.4 is 10.1 Å². The molecule has 2 N–H and O–H groups in total. The van der Waals surface area contributed by atoms with Crippen LogP contribution in [-0.4, -0.2) is 46.6 Å². The van der Waals surface area contributed by atoms with Crippen LogP contribution in [-0.2, 0) is 9.47 Å². The Labute approximate surface area is 135 Å². The molecule has 0 aliphatic heterocycles. The molecule has 0 amide bonds. The molecule has 1 aromatic rings. The highest BCUT2D eigenvalue weighted by Crippen LogP contribution is 2.28. The van der Waals surface area contributed by atoms with Gasteiger partial charge >= 0.3 is 0 Å². The normalized spacial score (nSPS) is 12.3. The number of hydrogen-bond donors (Lipinski definition) is 1. The highest BCUT2D eigenvalue weighted by atomic mass is 16.5. The Bertz CT molecular complexity index is 384. The van der Waals surface area contributed by atoms with Crippen molar-refractivity contribution >= 4 is 0 Å². The second kappa shape index (κ2) is 12.4.